The summed E-state index contributed by atoms with van der Waals surface area (Å²) < 4.78 is 11.0. The minimum Gasteiger partial charge on any atom is -0.494 e. The summed E-state index contributed by atoms with van der Waals surface area (Å²) in [6.45, 7) is 6.34. The van der Waals surface area contributed by atoms with Crippen LogP contribution < -0.4 is 10.5 Å². The molecule has 0 saturated carbocycles. The van der Waals surface area contributed by atoms with Crippen LogP contribution in [0.5, 0.6) is 5.75 Å². The van der Waals surface area contributed by atoms with Gasteiger partial charge in [-0.2, -0.15) is 0 Å². The molecule has 0 radical (unpaired) electrons. The van der Waals surface area contributed by atoms with E-state index in [1.165, 1.54) is 0 Å². The third kappa shape index (κ3) is 2.41. The van der Waals surface area contributed by atoms with Crippen molar-refractivity contribution in [3.8, 4) is 17.2 Å². The lowest BCUT2D eigenvalue weighted by Crippen LogP contribution is -1.94. The van der Waals surface area contributed by atoms with Crippen molar-refractivity contribution in [2.24, 2.45) is 0 Å². The zero-order valence-corrected chi connectivity index (χ0v) is 10.3. The Morgan fingerprint density at radius 2 is 2.06 bits per heavy atom. The van der Waals surface area contributed by atoms with Gasteiger partial charge in [-0.1, -0.05) is 0 Å². The molecule has 0 fully saturated rings. The number of hydrogen-bond donors (Lipinski definition) is 1. The summed E-state index contributed by atoms with van der Waals surface area (Å²) in [5.41, 5.74) is 8.19. The fourth-order valence-electron chi connectivity index (χ4n) is 1.59. The van der Waals surface area contributed by atoms with Crippen LogP contribution in [0.25, 0.3) is 11.5 Å². The summed E-state index contributed by atoms with van der Waals surface area (Å²) in [5.74, 6) is 2.13. The number of aromatic nitrogens is 1. The van der Waals surface area contributed by atoms with E-state index >= 15 is 0 Å². The molecule has 1 aromatic heterocycles. The summed E-state index contributed by atoms with van der Waals surface area (Å²) in [6.07, 6.45) is 0. The fourth-order valence-corrected chi connectivity index (χ4v) is 1.59. The number of ether oxygens (including phenoxy) is 1. The van der Waals surface area contributed by atoms with E-state index in [1.807, 2.05) is 32.9 Å². The minimum atomic E-state index is 0.577. The van der Waals surface area contributed by atoms with Crippen molar-refractivity contribution >= 4 is 5.69 Å². The molecular weight excluding hydrogens is 216 g/mol. The Labute approximate surface area is 100 Å². The van der Waals surface area contributed by atoms with Crippen molar-refractivity contribution in [1.29, 1.82) is 0 Å². The summed E-state index contributed by atoms with van der Waals surface area (Å²) in [4.78, 5) is 4.35. The van der Waals surface area contributed by atoms with Gasteiger partial charge in [0.1, 0.15) is 11.5 Å². The van der Waals surface area contributed by atoms with E-state index in [-0.39, 0.29) is 0 Å². The first-order chi connectivity index (χ1) is 8.10. The highest BCUT2D eigenvalue weighted by Gasteiger charge is 2.10. The summed E-state index contributed by atoms with van der Waals surface area (Å²) >= 11 is 0. The molecule has 0 atom stereocenters. The van der Waals surface area contributed by atoms with Gasteiger partial charge >= 0.3 is 0 Å². The SMILES string of the molecule is CCOc1cc(N)cc(-c2nc(C)c(C)o2)c1. The second kappa shape index (κ2) is 4.49. The van der Waals surface area contributed by atoms with Crippen LogP contribution in [-0.2, 0) is 0 Å². The molecule has 0 amide bonds. The Kier molecular flexibility index (Phi) is 3.04. The highest BCUT2D eigenvalue weighted by Crippen LogP contribution is 2.28. The van der Waals surface area contributed by atoms with Crippen LogP contribution in [0.15, 0.2) is 22.6 Å². The number of oxazole rings is 1. The number of anilines is 1. The van der Waals surface area contributed by atoms with Crippen LogP contribution >= 0.6 is 0 Å². The quantitative estimate of drug-likeness (QED) is 0.826. The Morgan fingerprint density at radius 3 is 2.65 bits per heavy atom. The van der Waals surface area contributed by atoms with Gasteiger partial charge in [-0.25, -0.2) is 4.98 Å². The maximum Gasteiger partial charge on any atom is 0.226 e. The molecule has 2 N–H and O–H groups in total. The van der Waals surface area contributed by atoms with E-state index in [1.54, 1.807) is 6.07 Å². The first-order valence-corrected chi connectivity index (χ1v) is 5.58. The standard InChI is InChI=1S/C13H16N2O2/c1-4-16-12-6-10(5-11(14)7-12)13-15-8(2)9(3)17-13/h5-7H,4,14H2,1-3H3. The van der Waals surface area contributed by atoms with Crippen molar-refractivity contribution < 1.29 is 9.15 Å². The van der Waals surface area contributed by atoms with Crippen LogP contribution in [0.2, 0.25) is 0 Å². The van der Waals surface area contributed by atoms with Crippen molar-refractivity contribution in [1.82, 2.24) is 4.98 Å². The molecule has 4 heteroatoms. The lowest BCUT2D eigenvalue weighted by molar-refractivity contribution is 0.340. The Balaban J connectivity index is 2.44. The van der Waals surface area contributed by atoms with Gasteiger partial charge in [0.05, 0.1) is 12.3 Å². The van der Waals surface area contributed by atoms with Crippen molar-refractivity contribution in [2.45, 2.75) is 20.8 Å². The second-order valence-electron chi connectivity index (χ2n) is 3.88. The van der Waals surface area contributed by atoms with Gasteiger partial charge in [-0.3, -0.25) is 0 Å². The van der Waals surface area contributed by atoms with E-state index in [9.17, 15) is 0 Å². The predicted octanol–water partition coefficient (Wildman–Crippen LogP) is 2.94. The number of nitrogens with zero attached hydrogens (tertiary/aromatic N) is 1. The molecule has 1 aromatic carbocycles. The van der Waals surface area contributed by atoms with Gasteiger partial charge in [0.2, 0.25) is 5.89 Å². The van der Waals surface area contributed by atoms with E-state index < -0.39 is 0 Å². The normalized spacial score (nSPS) is 10.5. The minimum absolute atomic E-state index is 0.577. The van der Waals surface area contributed by atoms with Crippen molar-refractivity contribution in [3.63, 3.8) is 0 Å². The van der Waals surface area contributed by atoms with Gasteiger partial charge in [0, 0.05) is 17.3 Å². The summed E-state index contributed by atoms with van der Waals surface area (Å²) in [6, 6.07) is 5.49. The van der Waals surface area contributed by atoms with Gasteiger partial charge in [0.15, 0.2) is 0 Å². The first kappa shape index (κ1) is 11.5. The number of nitrogen functional groups attached to an aromatic ring is 1. The van der Waals surface area contributed by atoms with Crippen LogP contribution in [0.1, 0.15) is 18.4 Å². The highest BCUT2D eigenvalue weighted by molar-refractivity contribution is 5.63. The van der Waals surface area contributed by atoms with Gasteiger partial charge in [0.25, 0.3) is 0 Å². The molecule has 0 saturated heterocycles. The van der Waals surface area contributed by atoms with Crippen LogP contribution in [0, 0.1) is 13.8 Å². The average molecular weight is 232 g/mol. The molecule has 1 heterocycles. The molecule has 17 heavy (non-hydrogen) atoms. The number of hydrogen-bond acceptors (Lipinski definition) is 4. The summed E-state index contributed by atoms with van der Waals surface area (Å²) in [5, 5.41) is 0. The molecular formula is C13H16N2O2. The smallest absolute Gasteiger partial charge is 0.226 e. The van der Waals surface area contributed by atoms with Gasteiger partial charge < -0.3 is 14.9 Å². The molecule has 2 rings (SSSR count). The molecule has 0 unspecified atom stereocenters. The number of benzene rings is 1. The van der Waals surface area contributed by atoms with Crippen LogP contribution in [0.4, 0.5) is 5.69 Å². The molecule has 4 nitrogen and oxygen atoms in total. The second-order valence-corrected chi connectivity index (χ2v) is 3.88. The number of aryl methyl sites for hydroxylation is 2. The molecule has 2 aromatic rings. The summed E-state index contributed by atoms with van der Waals surface area (Å²) in [7, 11) is 0. The van der Waals surface area contributed by atoms with Gasteiger partial charge in [-0.15, -0.1) is 0 Å². The molecule has 0 aliphatic rings. The van der Waals surface area contributed by atoms with E-state index in [2.05, 4.69) is 4.98 Å². The van der Waals surface area contributed by atoms with Crippen LogP contribution in [-0.4, -0.2) is 11.6 Å². The maximum absolute atomic E-state index is 5.82. The number of nitrogens with two attached hydrogens (primary N) is 1. The molecule has 0 spiro atoms. The largest absolute Gasteiger partial charge is 0.494 e. The zero-order chi connectivity index (χ0) is 12.4. The number of rotatable bonds is 3. The van der Waals surface area contributed by atoms with Crippen molar-refractivity contribution in [2.75, 3.05) is 12.3 Å². The lowest BCUT2D eigenvalue weighted by Gasteiger charge is -2.05. The third-order valence-corrected chi connectivity index (χ3v) is 2.52. The highest BCUT2D eigenvalue weighted by atomic mass is 16.5. The molecule has 0 bridgehead atoms. The zero-order valence-electron chi connectivity index (χ0n) is 10.3. The fraction of sp³-hybridized carbons (Fsp3) is 0.308. The molecule has 90 valence electrons. The Bertz CT molecular complexity index is 513. The van der Waals surface area contributed by atoms with E-state index in [4.69, 9.17) is 14.9 Å². The average Bonchev–Trinajstić information content (AvgIpc) is 2.59. The topological polar surface area (TPSA) is 61.3 Å². The van der Waals surface area contributed by atoms with E-state index in [0.29, 0.717) is 18.2 Å². The van der Waals surface area contributed by atoms with Crippen molar-refractivity contribution in [3.05, 3.63) is 29.7 Å². The predicted molar refractivity (Wildman–Crippen MR) is 67.0 cm³/mol. The van der Waals surface area contributed by atoms with Gasteiger partial charge in [-0.05, 0) is 32.9 Å². The van der Waals surface area contributed by atoms with E-state index in [0.717, 1.165) is 22.8 Å². The maximum atomic E-state index is 5.82. The lowest BCUT2D eigenvalue weighted by atomic mass is 10.2. The molecule has 0 aliphatic heterocycles. The Morgan fingerprint density at radius 1 is 1.29 bits per heavy atom. The molecule has 0 aliphatic carbocycles. The van der Waals surface area contributed by atoms with Crippen LogP contribution in [0.3, 0.4) is 0 Å². The third-order valence-electron chi connectivity index (χ3n) is 2.52. The Hall–Kier alpha value is -1.97. The monoisotopic (exact) mass is 232 g/mol. The first-order valence-electron chi connectivity index (χ1n) is 5.58.